The van der Waals surface area contributed by atoms with Gasteiger partial charge in [0.2, 0.25) is 12.1 Å². The fourth-order valence-corrected chi connectivity index (χ4v) is 6.37. The number of anilines is 1. The first-order valence-corrected chi connectivity index (χ1v) is 18.3. The Morgan fingerprint density at radius 2 is 1.80 bits per heavy atom. The van der Waals surface area contributed by atoms with E-state index in [4.69, 9.17) is 18.9 Å². The third-order valence-electron chi connectivity index (χ3n) is 8.53. The normalized spacial score (nSPS) is 13.0. The molecule has 0 saturated heterocycles. The summed E-state index contributed by atoms with van der Waals surface area (Å²) in [5.41, 5.74) is 5.30. The van der Waals surface area contributed by atoms with Gasteiger partial charge in [-0.2, -0.15) is 14.2 Å². The Morgan fingerprint density at radius 3 is 2.53 bits per heavy atom. The molecule has 3 aromatic carbocycles. The zero-order chi connectivity index (χ0) is 36.5. The van der Waals surface area contributed by atoms with Crippen LogP contribution in [0.15, 0.2) is 67.0 Å². The van der Waals surface area contributed by atoms with Crippen LogP contribution >= 0.6 is 0 Å². The minimum absolute atomic E-state index is 0.188. The highest BCUT2D eigenvalue weighted by molar-refractivity contribution is 7.78. The molecule has 0 aliphatic rings. The van der Waals surface area contributed by atoms with Crippen LogP contribution in [-0.2, 0) is 16.1 Å². The van der Waals surface area contributed by atoms with Crippen molar-refractivity contribution in [3.8, 4) is 29.1 Å². The number of nitriles is 1. The number of unbranched alkanes of at least 4 members (excludes halogenated alkanes) is 3. The highest BCUT2D eigenvalue weighted by Crippen LogP contribution is 2.29. The summed E-state index contributed by atoms with van der Waals surface area (Å²) in [6.45, 7) is 12.1. The second kappa shape index (κ2) is 17.2. The van der Waals surface area contributed by atoms with E-state index in [0.29, 0.717) is 52.9 Å². The smallest absolute Gasteiger partial charge is 0.316 e. The summed E-state index contributed by atoms with van der Waals surface area (Å²) in [6, 6.07) is 20.0. The summed E-state index contributed by atoms with van der Waals surface area (Å²) in [5.74, 6) is 1.97. The van der Waals surface area contributed by atoms with Gasteiger partial charge in [-0.15, -0.1) is 0 Å². The summed E-state index contributed by atoms with van der Waals surface area (Å²) in [4.78, 5) is 18.1. The molecule has 0 saturated carbocycles. The van der Waals surface area contributed by atoms with Gasteiger partial charge in [-0.1, -0.05) is 59.6 Å². The number of fused-ring (bicyclic) bond motifs is 1. The number of nitrogens with zero attached hydrogens (tertiary/aromatic N) is 4. The number of hydrogen-bond donors (Lipinski definition) is 3. The van der Waals surface area contributed by atoms with Gasteiger partial charge in [0.15, 0.2) is 6.10 Å². The molecule has 0 aliphatic carbocycles. The van der Waals surface area contributed by atoms with Gasteiger partial charge >= 0.3 is 5.65 Å². The molecule has 5 aromatic rings. The highest BCUT2D eigenvalue weighted by Gasteiger charge is 2.25. The average Bonchev–Trinajstić information content (AvgIpc) is 3.66. The van der Waals surface area contributed by atoms with Crippen molar-refractivity contribution in [1.82, 2.24) is 19.4 Å². The van der Waals surface area contributed by atoms with Crippen LogP contribution in [0.5, 0.6) is 23.0 Å². The third-order valence-corrected chi connectivity index (χ3v) is 9.27. The van der Waals surface area contributed by atoms with Crippen molar-refractivity contribution in [1.29, 1.82) is 5.26 Å². The Bertz CT molecular complexity index is 2030. The van der Waals surface area contributed by atoms with Crippen LogP contribution < -0.4 is 28.4 Å². The van der Waals surface area contributed by atoms with Crippen LogP contribution in [0, 0.1) is 39.0 Å². The predicted molar refractivity (Wildman–Crippen MR) is 196 cm³/mol. The minimum atomic E-state index is -1.88. The van der Waals surface area contributed by atoms with Gasteiger partial charge in [-0.25, -0.2) is 9.82 Å². The van der Waals surface area contributed by atoms with Gasteiger partial charge in [-0.3, -0.25) is 4.79 Å². The average molecular weight is 713 g/mol. The van der Waals surface area contributed by atoms with Crippen LogP contribution in [-0.4, -0.2) is 37.5 Å². The first kappa shape index (κ1) is 37.1. The minimum Gasteiger partial charge on any atom is -0.480 e. The van der Waals surface area contributed by atoms with Crippen LogP contribution in [0.3, 0.4) is 0 Å². The Balaban J connectivity index is 1.20. The number of ether oxygens (including phenoxy) is 2. The van der Waals surface area contributed by atoms with E-state index in [9.17, 15) is 9.00 Å². The van der Waals surface area contributed by atoms with Crippen LogP contribution in [0.1, 0.15) is 79.9 Å². The quantitative estimate of drug-likeness (QED) is 0.0694. The van der Waals surface area contributed by atoms with E-state index >= 15 is 0 Å². The van der Waals surface area contributed by atoms with Gasteiger partial charge < -0.3 is 19.0 Å². The van der Waals surface area contributed by atoms with E-state index < -0.39 is 17.4 Å². The number of aryl methyl sites for hydroxylation is 4. The second-order valence-corrected chi connectivity index (χ2v) is 13.7. The standard InChI is InChI=1S/C38H45N7O5S/c1-7-8-9-10-11-34(49-33-19-12-25(2)20-27(33)4)38(46)42-31-16-13-26(3)35(21-31)50-51(47)41-23-28(5)44-24-40-37-36(29(6)43-45(37)44)48-32-17-14-30(22-39)15-18-32/h12-21,24,28,34,41H,7-11,23H2,1-6H3,(H,42,46)/p+1. The number of amides is 1. The summed E-state index contributed by atoms with van der Waals surface area (Å²) in [5, 5.41) is 15.3. The fourth-order valence-electron chi connectivity index (χ4n) is 5.59. The van der Waals surface area contributed by atoms with Crippen molar-refractivity contribution in [3.63, 3.8) is 0 Å². The largest absolute Gasteiger partial charge is 0.480 e. The van der Waals surface area contributed by atoms with Gasteiger partial charge in [0.1, 0.15) is 29.0 Å². The number of nitrogens with one attached hydrogen (secondary N) is 3. The number of H-pyrrole nitrogens is 1. The molecule has 12 nitrogen and oxygen atoms in total. The first-order chi connectivity index (χ1) is 24.6. The van der Waals surface area contributed by atoms with Crippen LogP contribution in [0.2, 0.25) is 0 Å². The Hall–Kier alpha value is -5.19. The lowest BCUT2D eigenvalue weighted by Crippen LogP contribution is -2.48. The molecule has 3 N–H and O–H groups in total. The van der Waals surface area contributed by atoms with Gasteiger partial charge in [-0.05, 0) is 95.0 Å². The lowest BCUT2D eigenvalue weighted by atomic mass is 10.1. The zero-order valence-electron chi connectivity index (χ0n) is 30.0. The molecule has 0 fully saturated rings. The maximum Gasteiger partial charge on any atom is 0.316 e. The number of benzene rings is 3. The summed E-state index contributed by atoms with van der Waals surface area (Å²) >= 11 is -1.88. The van der Waals surface area contributed by atoms with E-state index in [0.717, 1.165) is 48.1 Å². The molecule has 0 bridgehead atoms. The Labute approximate surface area is 301 Å². The molecule has 1 amide bonds. The lowest BCUT2D eigenvalue weighted by molar-refractivity contribution is -0.784. The molecule has 3 atom stereocenters. The second-order valence-electron chi connectivity index (χ2n) is 12.8. The molecule has 2 heterocycles. The molecule has 268 valence electrons. The molecule has 0 spiro atoms. The van der Waals surface area contributed by atoms with E-state index in [1.807, 2.05) is 63.6 Å². The molecule has 0 aliphatic heterocycles. The van der Waals surface area contributed by atoms with Gasteiger partial charge in [0, 0.05) is 18.3 Å². The molecule has 0 radical (unpaired) electrons. The topological polar surface area (TPSA) is 147 Å². The van der Waals surface area contributed by atoms with E-state index in [2.05, 4.69) is 33.1 Å². The monoisotopic (exact) mass is 712 g/mol. The number of carbonyl (C=O) groups excluding carboxylic acids is 1. The van der Waals surface area contributed by atoms with E-state index in [-0.39, 0.29) is 11.9 Å². The highest BCUT2D eigenvalue weighted by atomic mass is 32.2. The van der Waals surface area contributed by atoms with Crippen molar-refractivity contribution in [2.75, 3.05) is 11.9 Å². The number of hydrogen-bond acceptors (Lipinski definition) is 7. The lowest BCUT2D eigenvalue weighted by Gasteiger charge is -2.21. The van der Waals surface area contributed by atoms with Crippen molar-refractivity contribution in [3.05, 3.63) is 94.9 Å². The molecule has 13 heteroatoms. The SMILES string of the molecule is CCCCCCC(Oc1ccc(C)cc1C)C(=O)Nc1ccc(C)c(OS(=O)NCC(C)[n+]2cnc3c(Oc4ccc(C#N)cc4)c(C)[nH]n32)c1. The molecule has 51 heavy (non-hydrogen) atoms. The molecule has 5 rings (SSSR count). The van der Waals surface area contributed by atoms with E-state index in [1.54, 1.807) is 47.4 Å². The van der Waals surface area contributed by atoms with Crippen molar-refractivity contribution >= 4 is 28.5 Å². The maximum atomic E-state index is 13.5. The first-order valence-electron chi connectivity index (χ1n) is 17.2. The predicted octanol–water partition coefficient (Wildman–Crippen LogP) is 7.01. The Kier molecular flexibility index (Phi) is 12.5. The number of carbonyl (C=O) groups is 1. The number of aromatic amines is 1. The molecular weight excluding hydrogens is 667 g/mol. The molecule has 2 aromatic heterocycles. The van der Waals surface area contributed by atoms with Crippen molar-refractivity contribution < 1.29 is 27.3 Å². The fraction of sp³-hybridized carbons (Fsp3) is 0.368. The number of aromatic nitrogens is 4. The van der Waals surface area contributed by atoms with Crippen molar-refractivity contribution in [2.45, 2.75) is 85.8 Å². The molecule has 3 unspecified atom stereocenters. The maximum absolute atomic E-state index is 13.5. The van der Waals surface area contributed by atoms with Crippen LogP contribution in [0.4, 0.5) is 5.69 Å². The summed E-state index contributed by atoms with van der Waals surface area (Å²) in [7, 11) is 0. The van der Waals surface area contributed by atoms with Gasteiger partial charge in [0.25, 0.3) is 17.2 Å². The molecular formula is C38H46N7O5S+. The van der Waals surface area contributed by atoms with Crippen molar-refractivity contribution in [2.24, 2.45) is 0 Å². The zero-order valence-corrected chi connectivity index (χ0v) is 30.8. The third kappa shape index (κ3) is 9.53. The van der Waals surface area contributed by atoms with Gasteiger partial charge in [0.05, 0.1) is 11.6 Å². The Morgan fingerprint density at radius 1 is 1.02 bits per heavy atom. The van der Waals surface area contributed by atoms with Crippen LogP contribution in [0.25, 0.3) is 5.65 Å². The summed E-state index contributed by atoms with van der Waals surface area (Å²) < 4.78 is 37.8. The number of rotatable bonds is 17. The summed E-state index contributed by atoms with van der Waals surface area (Å²) in [6.07, 6.45) is 5.71. The van der Waals surface area contributed by atoms with E-state index in [1.165, 1.54) is 0 Å².